The van der Waals surface area contributed by atoms with Crippen molar-refractivity contribution in [3.8, 4) is 0 Å². The van der Waals surface area contributed by atoms with E-state index in [1.807, 2.05) is 0 Å². The lowest BCUT2D eigenvalue weighted by atomic mass is 9.98. The molecule has 0 heterocycles. The summed E-state index contributed by atoms with van der Waals surface area (Å²) in [5.41, 5.74) is 0. The molecule has 1 heteroatoms. The van der Waals surface area contributed by atoms with Gasteiger partial charge in [0.15, 0.2) is 0 Å². The van der Waals surface area contributed by atoms with Gasteiger partial charge >= 0.3 is 0 Å². The summed E-state index contributed by atoms with van der Waals surface area (Å²) in [7, 11) is 0. The molecule has 0 amide bonds. The minimum atomic E-state index is 0.311. The van der Waals surface area contributed by atoms with Gasteiger partial charge in [0.2, 0.25) is 0 Å². The maximum Gasteiger partial charge on any atom is 0.0516 e. The molecule has 1 rings (SSSR count). The molecule has 0 bridgehead atoms. The second-order valence-corrected chi connectivity index (χ2v) is 3.02. The summed E-state index contributed by atoms with van der Waals surface area (Å²) >= 11 is 5.80. The van der Waals surface area contributed by atoms with E-state index in [2.05, 4.69) is 19.1 Å². The summed E-state index contributed by atoms with van der Waals surface area (Å²) in [5.74, 6) is 0.755. The number of alkyl halides is 1. The Morgan fingerprint density at radius 2 is 2.12 bits per heavy atom. The molecule has 0 spiro atoms. The third-order valence-electron chi connectivity index (χ3n) is 1.55. The third-order valence-corrected chi connectivity index (χ3v) is 1.91. The zero-order chi connectivity index (χ0) is 5.98. The van der Waals surface area contributed by atoms with Gasteiger partial charge in [-0.15, -0.1) is 11.6 Å². The van der Waals surface area contributed by atoms with Gasteiger partial charge in [0.25, 0.3) is 0 Å². The molecular weight excluding hydrogens is 120 g/mol. The molecule has 46 valence electrons. The molecule has 0 N–H and O–H groups in total. The monoisotopic (exact) mass is 130 g/mol. The maximum absolute atomic E-state index is 5.80. The van der Waals surface area contributed by atoms with Gasteiger partial charge in [0, 0.05) is 0 Å². The van der Waals surface area contributed by atoms with E-state index in [0.29, 0.717) is 5.38 Å². The molecule has 1 aliphatic rings. The largest absolute Gasteiger partial charge is 0.118 e. The molecule has 0 saturated heterocycles. The van der Waals surface area contributed by atoms with Crippen molar-refractivity contribution in [3.05, 3.63) is 12.2 Å². The van der Waals surface area contributed by atoms with Gasteiger partial charge < -0.3 is 0 Å². The third kappa shape index (κ3) is 1.52. The van der Waals surface area contributed by atoms with Crippen molar-refractivity contribution in [2.45, 2.75) is 25.1 Å². The Labute approximate surface area is 55.5 Å². The zero-order valence-corrected chi connectivity index (χ0v) is 5.86. The van der Waals surface area contributed by atoms with Crippen LogP contribution in [0.3, 0.4) is 0 Å². The van der Waals surface area contributed by atoms with Crippen LogP contribution in [0.2, 0.25) is 0 Å². The molecule has 1 aliphatic carbocycles. The fourth-order valence-corrected chi connectivity index (χ4v) is 1.13. The van der Waals surface area contributed by atoms with Gasteiger partial charge in [0.05, 0.1) is 5.38 Å². The van der Waals surface area contributed by atoms with Crippen molar-refractivity contribution in [2.75, 3.05) is 0 Å². The van der Waals surface area contributed by atoms with Crippen LogP contribution in [-0.4, -0.2) is 5.38 Å². The van der Waals surface area contributed by atoms with Crippen LogP contribution in [0.1, 0.15) is 19.8 Å². The number of hydrogen-bond donors (Lipinski definition) is 0. The predicted molar refractivity (Wildman–Crippen MR) is 37.2 cm³/mol. The first kappa shape index (κ1) is 6.15. The quantitative estimate of drug-likeness (QED) is 0.349. The molecule has 1 unspecified atom stereocenters. The minimum Gasteiger partial charge on any atom is -0.118 e. The van der Waals surface area contributed by atoms with Crippen LogP contribution in [0.15, 0.2) is 12.2 Å². The smallest absolute Gasteiger partial charge is 0.0516 e. The average molecular weight is 131 g/mol. The first-order chi connectivity index (χ1) is 3.79. The standard InChI is InChI=1S/C7H11Cl/c1-6-2-4-7(8)5-3-6/h2,4,6-7H,3,5H2,1H3/t6-,7?/m1/s1. The number of hydrogen-bond acceptors (Lipinski definition) is 0. The highest BCUT2D eigenvalue weighted by atomic mass is 35.5. The molecule has 0 radical (unpaired) electrons. The number of halogens is 1. The Morgan fingerprint density at radius 3 is 2.50 bits per heavy atom. The maximum atomic E-state index is 5.80. The molecule has 0 aromatic carbocycles. The average Bonchev–Trinajstić information content (AvgIpc) is 1.77. The second-order valence-electron chi connectivity index (χ2n) is 2.46. The lowest BCUT2D eigenvalue weighted by Crippen LogP contribution is -2.04. The highest BCUT2D eigenvalue weighted by Crippen LogP contribution is 2.19. The normalized spacial score (nSPS) is 37.8. The minimum absolute atomic E-state index is 0.311. The molecule has 0 fully saturated rings. The van der Waals surface area contributed by atoms with Crippen molar-refractivity contribution < 1.29 is 0 Å². The van der Waals surface area contributed by atoms with E-state index in [-0.39, 0.29) is 0 Å². The highest BCUT2D eigenvalue weighted by Gasteiger charge is 2.08. The van der Waals surface area contributed by atoms with Crippen LogP contribution in [0, 0.1) is 5.92 Å². The SMILES string of the molecule is C[C@@H]1C=CC(Cl)CC1. The first-order valence-electron chi connectivity index (χ1n) is 3.11. The van der Waals surface area contributed by atoms with Crippen molar-refractivity contribution in [1.82, 2.24) is 0 Å². The fraction of sp³-hybridized carbons (Fsp3) is 0.714. The molecule has 0 aliphatic heterocycles. The molecule has 0 aromatic rings. The summed E-state index contributed by atoms with van der Waals surface area (Å²) in [6, 6.07) is 0. The Balaban J connectivity index is 2.42. The van der Waals surface area contributed by atoms with Gasteiger partial charge in [-0.25, -0.2) is 0 Å². The van der Waals surface area contributed by atoms with Crippen LogP contribution in [0.4, 0.5) is 0 Å². The van der Waals surface area contributed by atoms with Gasteiger partial charge in [-0.2, -0.15) is 0 Å². The van der Waals surface area contributed by atoms with E-state index in [1.54, 1.807) is 0 Å². The van der Waals surface area contributed by atoms with Crippen molar-refractivity contribution in [2.24, 2.45) is 5.92 Å². The zero-order valence-electron chi connectivity index (χ0n) is 5.10. The predicted octanol–water partition coefficient (Wildman–Crippen LogP) is 2.58. The van der Waals surface area contributed by atoms with Crippen LogP contribution in [-0.2, 0) is 0 Å². The lowest BCUT2D eigenvalue weighted by Gasteiger charge is -2.13. The van der Waals surface area contributed by atoms with Crippen molar-refractivity contribution >= 4 is 11.6 Å². The van der Waals surface area contributed by atoms with E-state index in [0.717, 1.165) is 12.3 Å². The second kappa shape index (κ2) is 2.54. The lowest BCUT2D eigenvalue weighted by molar-refractivity contribution is 0.588. The van der Waals surface area contributed by atoms with Crippen molar-refractivity contribution in [1.29, 1.82) is 0 Å². The molecular formula is C7H11Cl. The summed E-state index contributed by atoms with van der Waals surface area (Å²) in [6.45, 7) is 2.22. The number of rotatable bonds is 0. The summed E-state index contributed by atoms with van der Waals surface area (Å²) in [5, 5.41) is 0.311. The van der Waals surface area contributed by atoms with Crippen LogP contribution >= 0.6 is 11.6 Å². The van der Waals surface area contributed by atoms with Crippen molar-refractivity contribution in [3.63, 3.8) is 0 Å². The summed E-state index contributed by atoms with van der Waals surface area (Å²) in [6.07, 6.45) is 6.70. The van der Waals surface area contributed by atoms with E-state index < -0.39 is 0 Å². The summed E-state index contributed by atoms with van der Waals surface area (Å²) in [4.78, 5) is 0. The van der Waals surface area contributed by atoms with Gasteiger partial charge in [-0.3, -0.25) is 0 Å². The molecule has 0 nitrogen and oxygen atoms in total. The highest BCUT2D eigenvalue weighted by molar-refractivity contribution is 6.21. The molecule has 8 heavy (non-hydrogen) atoms. The molecule has 2 atom stereocenters. The Kier molecular flexibility index (Phi) is 1.95. The van der Waals surface area contributed by atoms with Gasteiger partial charge in [-0.1, -0.05) is 19.1 Å². The summed E-state index contributed by atoms with van der Waals surface area (Å²) < 4.78 is 0. The Morgan fingerprint density at radius 1 is 1.38 bits per heavy atom. The van der Waals surface area contributed by atoms with Crippen LogP contribution in [0.25, 0.3) is 0 Å². The van der Waals surface area contributed by atoms with Crippen LogP contribution in [0.5, 0.6) is 0 Å². The number of allylic oxidation sites excluding steroid dienone is 2. The van der Waals surface area contributed by atoms with E-state index >= 15 is 0 Å². The first-order valence-corrected chi connectivity index (χ1v) is 3.55. The van der Waals surface area contributed by atoms with Gasteiger partial charge in [-0.05, 0) is 18.8 Å². The Bertz CT molecular complexity index is 84.6. The van der Waals surface area contributed by atoms with E-state index in [9.17, 15) is 0 Å². The van der Waals surface area contributed by atoms with Crippen LogP contribution < -0.4 is 0 Å². The topological polar surface area (TPSA) is 0 Å². The Hall–Kier alpha value is 0.0300. The van der Waals surface area contributed by atoms with Gasteiger partial charge in [0.1, 0.15) is 0 Å². The fourth-order valence-electron chi connectivity index (χ4n) is 0.925. The van der Waals surface area contributed by atoms with E-state index in [4.69, 9.17) is 11.6 Å². The molecule has 0 saturated carbocycles. The van der Waals surface area contributed by atoms with E-state index in [1.165, 1.54) is 6.42 Å². The molecule has 0 aromatic heterocycles.